The Morgan fingerprint density at radius 3 is 2.24 bits per heavy atom. The number of carbonyl (C=O) groups excluding carboxylic acids is 2. The summed E-state index contributed by atoms with van der Waals surface area (Å²) >= 11 is 0. The van der Waals surface area contributed by atoms with Gasteiger partial charge >= 0.3 is 0 Å². The fourth-order valence-electron chi connectivity index (χ4n) is 1.81. The Kier molecular flexibility index (Phi) is 3.81. The zero-order chi connectivity index (χ0) is 13.3. The van der Waals surface area contributed by atoms with Gasteiger partial charge in [-0.25, -0.2) is 0 Å². The van der Waals surface area contributed by atoms with E-state index >= 15 is 0 Å². The smallest absolute Gasteiger partial charge is 0.240 e. The van der Waals surface area contributed by atoms with Crippen LogP contribution in [0.5, 0.6) is 0 Å². The highest BCUT2D eigenvalue weighted by molar-refractivity contribution is 5.89. The number of rotatable bonds is 4. The Labute approximate surface area is 103 Å². The molecule has 5 nitrogen and oxygen atoms in total. The second-order valence-corrected chi connectivity index (χ2v) is 5.94. The zero-order valence-electron chi connectivity index (χ0n) is 11.2. The first kappa shape index (κ1) is 14.0. The summed E-state index contributed by atoms with van der Waals surface area (Å²) in [7, 11) is 1.65. The molecular weight excluding hydrogens is 218 g/mol. The maximum absolute atomic E-state index is 12.0. The van der Waals surface area contributed by atoms with Gasteiger partial charge < -0.3 is 16.0 Å². The molecule has 1 fully saturated rings. The van der Waals surface area contributed by atoms with Gasteiger partial charge in [-0.05, 0) is 33.6 Å². The number of amides is 2. The molecule has 0 radical (unpaired) electrons. The molecule has 0 unspecified atom stereocenters. The quantitative estimate of drug-likeness (QED) is 0.733. The van der Waals surface area contributed by atoms with Gasteiger partial charge in [0.2, 0.25) is 11.8 Å². The van der Waals surface area contributed by atoms with Crippen molar-refractivity contribution in [3.05, 3.63) is 0 Å². The van der Waals surface area contributed by atoms with Crippen molar-refractivity contribution in [2.45, 2.75) is 39.2 Å². The number of hydrogen-bond donors (Lipinski definition) is 2. The lowest BCUT2D eigenvalue weighted by Crippen LogP contribution is -2.48. The fourth-order valence-corrected chi connectivity index (χ4v) is 1.81. The molecule has 3 N–H and O–H groups in total. The molecule has 1 rings (SSSR count). The predicted molar refractivity (Wildman–Crippen MR) is 66.3 cm³/mol. The summed E-state index contributed by atoms with van der Waals surface area (Å²) in [5.74, 6) is -0.148. The van der Waals surface area contributed by atoms with E-state index in [0.717, 1.165) is 12.8 Å². The number of nitrogens with one attached hydrogen (secondary N) is 1. The van der Waals surface area contributed by atoms with E-state index in [-0.39, 0.29) is 29.3 Å². The molecule has 0 atom stereocenters. The van der Waals surface area contributed by atoms with E-state index in [4.69, 9.17) is 5.73 Å². The van der Waals surface area contributed by atoms with Gasteiger partial charge in [-0.2, -0.15) is 0 Å². The molecule has 17 heavy (non-hydrogen) atoms. The van der Waals surface area contributed by atoms with Crippen LogP contribution in [0.15, 0.2) is 0 Å². The average Bonchev–Trinajstić information content (AvgIpc) is 2.93. The molecule has 98 valence electrons. The third-order valence-electron chi connectivity index (χ3n) is 2.94. The maximum atomic E-state index is 12.0. The monoisotopic (exact) mass is 241 g/mol. The number of likely N-dealkylation sites (N-methyl/N-ethyl adjacent to an activating group) is 1. The second-order valence-electron chi connectivity index (χ2n) is 5.94. The van der Waals surface area contributed by atoms with E-state index in [9.17, 15) is 9.59 Å². The number of carbonyl (C=O) groups is 2. The normalized spacial score (nSPS) is 17.5. The van der Waals surface area contributed by atoms with Crippen molar-refractivity contribution < 1.29 is 9.59 Å². The van der Waals surface area contributed by atoms with Crippen molar-refractivity contribution in [3.63, 3.8) is 0 Å². The topological polar surface area (TPSA) is 75.4 Å². The molecule has 1 aliphatic rings. The molecule has 5 heteroatoms. The number of nitrogens with two attached hydrogens (primary N) is 1. The number of nitrogens with zero attached hydrogens (tertiary/aromatic N) is 1. The predicted octanol–water partition coefficient (Wildman–Crippen LogP) is 0.0984. The lowest BCUT2D eigenvalue weighted by atomic mass is 10.1. The van der Waals surface area contributed by atoms with Crippen LogP contribution in [0.2, 0.25) is 0 Å². The SMILES string of the molecule is CN(CC(=O)NC(C)(C)C)C(=O)C1(CN)CC1. The highest BCUT2D eigenvalue weighted by atomic mass is 16.2. The molecule has 1 aliphatic carbocycles. The van der Waals surface area contributed by atoms with E-state index in [0.29, 0.717) is 6.54 Å². The standard InChI is InChI=1S/C12H23N3O2/c1-11(2,3)14-9(16)7-15(4)10(17)12(8-13)5-6-12/h5-8,13H2,1-4H3,(H,14,16). The first-order valence-electron chi connectivity index (χ1n) is 5.97. The fraction of sp³-hybridized carbons (Fsp3) is 0.833. The number of hydrogen-bond acceptors (Lipinski definition) is 3. The van der Waals surface area contributed by atoms with Crippen LogP contribution in [0.3, 0.4) is 0 Å². The maximum Gasteiger partial charge on any atom is 0.240 e. The van der Waals surface area contributed by atoms with E-state index in [2.05, 4.69) is 5.32 Å². The molecule has 0 bridgehead atoms. The summed E-state index contributed by atoms with van der Waals surface area (Å²) in [5.41, 5.74) is 4.94. The minimum absolute atomic E-state index is 0.0101. The van der Waals surface area contributed by atoms with Gasteiger partial charge in [0.25, 0.3) is 0 Å². The minimum atomic E-state index is -0.378. The molecule has 0 aromatic heterocycles. The first-order chi connectivity index (χ1) is 7.70. The molecule has 0 spiro atoms. The van der Waals surface area contributed by atoms with Crippen molar-refractivity contribution in [2.75, 3.05) is 20.1 Å². The Morgan fingerprint density at radius 2 is 1.88 bits per heavy atom. The summed E-state index contributed by atoms with van der Waals surface area (Å²) < 4.78 is 0. The zero-order valence-corrected chi connectivity index (χ0v) is 11.2. The van der Waals surface area contributed by atoms with Gasteiger partial charge in [0.1, 0.15) is 0 Å². The molecule has 0 saturated heterocycles. The highest BCUT2D eigenvalue weighted by Crippen LogP contribution is 2.45. The van der Waals surface area contributed by atoms with E-state index in [1.54, 1.807) is 7.05 Å². The van der Waals surface area contributed by atoms with Gasteiger partial charge in [-0.1, -0.05) is 0 Å². The molecule has 1 saturated carbocycles. The summed E-state index contributed by atoms with van der Waals surface area (Å²) in [6.45, 7) is 6.20. The molecule has 0 aromatic carbocycles. The van der Waals surface area contributed by atoms with Crippen LogP contribution < -0.4 is 11.1 Å². The molecule has 0 aromatic rings. The first-order valence-corrected chi connectivity index (χ1v) is 5.97. The van der Waals surface area contributed by atoms with E-state index in [1.165, 1.54) is 4.90 Å². The summed E-state index contributed by atoms with van der Waals surface area (Å²) in [5, 5.41) is 2.83. The average molecular weight is 241 g/mol. The van der Waals surface area contributed by atoms with Crippen LogP contribution in [-0.4, -0.2) is 42.4 Å². The Morgan fingerprint density at radius 1 is 1.35 bits per heavy atom. The van der Waals surface area contributed by atoms with Gasteiger partial charge in [0.05, 0.1) is 12.0 Å². The van der Waals surface area contributed by atoms with Crippen LogP contribution in [0, 0.1) is 5.41 Å². The van der Waals surface area contributed by atoms with Gasteiger partial charge in [0, 0.05) is 19.1 Å². The molecule has 2 amide bonds. The molecule has 0 heterocycles. The minimum Gasteiger partial charge on any atom is -0.350 e. The van der Waals surface area contributed by atoms with Crippen molar-refractivity contribution >= 4 is 11.8 Å². The summed E-state index contributed by atoms with van der Waals surface area (Å²) in [6, 6.07) is 0. The van der Waals surface area contributed by atoms with E-state index < -0.39 is 0 Å². The molecule has 0 aliphatic heterocycles. The largest absolute Gasteiger partial charge is 0.350 e. The van der Waals surface area contributed by atoms with Crippen molar-refractivity contribution in [1.82, 2.24) is 10.2 Å². The van der Waals surface area contributed by atoms with Crippen molar-refractivity contribution in [2.24, 2.45) is 11.1 Å². The second kappa shape index (κ2) is 4.64. The third kappa shape index (κ3) is 3.70. The van der Waals surface area contributed by atoms with E-state index in [1.807, 2.05) is 20.8 Å². The lowest BCUT2D eigenvalue weighted by Gasteiger charge is -2.25. The third-order valence-corrected chi connectivity index (χ3v) is 2.94. The highest BCUT2D eigenvalue weighted by Gasteiger charge is 2.50. The Balaban J connectivity index is 2.47. The van der Waals surface area contributed by atoms with Crippen molar-refractivity contribution in [3.8, 4) is 0 Å². The van der Waals surface area contributed by atoms with Crippen molar-refractivity contribution in [1.29, 1.82) is 0 Å². The van der Waals surface area contributed by atoms with Crippen LogP contribution in [-0.2, 0) is 9.59 Å². The van der Waals surface area contributed by atoms with Crippen LogP contribution in [0.25, 0.3) is 0 Å². The van der Waals surface area contributed by atoms with Gasteiger partial charge in [0.15, 0.2) is 0 Å². The Hall–Kier alpha value is -1.10. The van der Waals surface area contributed by atoms with Gasteiger partial charge in [-0.3, -0.25) is 9.59 Å². The lowest BCUT2D eigenvalue weighted by molar-refractivity contribution is -0.139. The van der Waals surface area contributed by atoms with Gasteiger partial charge in [-0.15, -0.1) is 0 Å². The van der Waals surface area contributed by atoms with Crippen LogP contribution in [0.4, 0.5) is 0 Å². The molecular formula is C12H23N3O2. The van der Waals surface area contributed by atoms with Crippen LogP contribution >= 0.6 is 0 Å². The van der Waals surface area contributed by atoms with Crippen LogP contribution in [0.1, 0.15) is 33.6 Å². The summed E-state index contributed by atoms with van der Waals surface area (Å²) in [4.78, 5) is 25.2. The summed E-state index contributed by atoms with van der Waals surface area (Å²) in [6.07, 6.45) is 1.68. The Bertz CT molecular complexity index is 316.